The summed E-state index contributed by atoms with van der Waals surface area (Å²) < 4.78 is 0. The van der Waals surface area contributed by atoms with E-state index in [1.54, 1.807) is 11.3 Å². The summed E-state index contributed by atoms with van der Waals surface area (Å²) >= 11 is 1.80. The number of anilines is 1. The first-order chi connectivity index (χ1) is 13.2. The third-order valence-electron chi connectivity index (χ3n) is 4.84. The molecule has 1 aliphatic rings. The van der Waals surface area contributed by atoms with Crippen LogP contribution in [0.1, 0.15) is 35.3 Å². The van der Waals surface area contributed by atoms with Crippen LogP contribution in [0.2, 0.25) is 0 Å². The van der Waals surface area contributed by atoms with E-state index in [1.807, 2.05) is 26.2 Å². The Balaban J connectivity index is 1.41. The van der Waals surface area contributed by atoms with E-state index in [9.17, 15) is 0 Å². The van der Waals surface area contributed by atoms with Crippen LogP contribution in [0.5, 0.6) is 0 Å². The Labute approximate surface area is 166 Å². The number of hydrogen-bond acceptors (Lipinski definition) is 5. The molecule has 1 saturated heterocycles. The van der Waals surface area contributed by atoms with Crippen LogP contribution in [-0.4, -0.2) is 48.7 Å². The molecular formula is C20H30N6S. The summed E-state index contributed by atoms with van der Waals surface area (Å²) in [5, 5.41) is 8.18. The minimum atomic E-state index is 0.448. The number of hydrogen-bond donors (Lipinski definition) is 2. The van der Waals surface area contributed by atoms with Gasteiger partial charge in [0.1, 0.15) is 5.82 Å². The fourth-order valence-electron chi connectivity index (χ4n) is 3.26. The maximum absolute atomic E-state index is 4.64. The van der Waals surface area contributed by atoms with Crippen LogP contribution in [0.25, 0.3) is 0 Å². The van der Waals surface area contributed by atoms with Crippen molar-refractivity contribution in [1.29, 1.82) is 0 Å². The standard InChI is InChI=1S/C20H30N6S/c1-4-17-14-23-19(27-17)8-11-22-20(21-3)25-16-9-12-26(13-10-16)18-7-5-6-15(2)24-18/h5-7,14,16H,4,8-13H2,1-3H3,(H2,21,22,25). The lowest BCUT2D eigenvalue weighted by molar-refractivity contribution is 0.459. The number of nitrogens with zero attached hydrogens (tertiary/aromatic N) is 4. The van der Waals surface area contributed by atoms with Crippen LogP contribution in [0.15, 0.2) is 29.4 Å². The second-order valence-corrected chi connectivity index (χ2v) is 8.07. The highest BCUT2D eigenvalue weighted by Crippen LogP contribution is 2.18. The van der Waals surface area contributed by atoms with E-state index in [2.05, 4.69) is 49.6 Å². The Morgan fingerprint density at radius 2 is 2.15 bits per heavy atom. The molecule has 0 bridgehead atoms. The molecule has 2 N–H and O–H groups in total. The Morgan fingerprint density at radius 3 is 2.81 bits per heavy atom. The number of rotatable bonds is 6. The predicted octanol–water partition coefficient (Wildman–Crippen LogP) is 2.79. The van der Waals surface area contributed by atoms with Crippen LogP contribution in [0, 0.1) is 6.92 Å². The van der Waals surface area contributed by atoms with Gasteiger partial charge in [-0.1, -0.05) is 13.0 Å². The molecule has 2 aromatic rings. The van der Waals surface area contributed by atoms with E-state index >= 15 is 0 Å². The van der Waals surface area contributed by atoms with Gasteiger partial charge in [0.2, 0.25) is 0 Å². The van der Waals surface area contributed by atoms with Gasteiger partial charge in [0.05, 0.1) is 5.01 Å². The highest BCUT2D eigenvalue weighted by atomic mass is 32.1. The number of piperidine rings is 1. The molecule has 2 aromatic heterocycles. The van der Waals surface area contributed by atoms with Crippen LogP contribution >= 0.6 is 11.3 Å². The lowest BCUT2D eigenvalue weighted by Gasteiger charge is -2.34. The molecule has 146 valence electrons. The van der Waals surface area contributed by atoms with Crippen molar-refractivity contribution in [2.24, 2.45) is 4.99 Å². The van der Waals surface area contributed by atoms with Gasteiger partial charge in [0.25, 0.3) is 0 Å². The van der Waals surface area contributed by atoms with E-state index in [-0.39, 0.29) is 0 Å². The fraction of sp³-hybridized carbons (Fsp3) is 0.550. The Hall–Kier alpha value is -2.15. The number of aromatic nitrogens is 2. The number of aryl methyl sites for hydroxylation is 2. The SMILES string of the molecule is CCc1cnc(CCNC(=NC)NC2CCN(c3cccc(C)n3)CC2)s1. The normalized spacial score (nSPS) is 15.8. The molecule has 0 aliphatic carbocycles. The molecule has 6 nitrogen and oxygen atoms in total. The molecule has 0 saturated carbocycles. The summed E-state index contributed by atoms with van der Waals surface area (Å²) in [5.41, 5.74) is 1.07. The minimum Gasteiger partial charge on any atom is -0.356 e. The van der Waals surface area contributed by atoms with Crippen molar-refractivity contribution in [3.63, 3.8) is 0 Å². The number of guanidine groups is 1. The van der Waals surface area contributed by atoms with Gasteiger partial charge < -0.3 is 15.5 Å². The molecule has 1 fully saturated rings. The van der Waals surface area contributed by atoms with Crippen molar-refractivity contribution >= 4 is 23.1 Å². The molecule has 0 unspecified atom stereocenters. The zero-order valence-electron chi connectivity index (χ0n) is 16.5. The summed E-state index contributed by atoms with van der Waals surface area (Å²) in [7, 11) is 1.83. The van der Waals surface area contributed by atoms with Gasteiger partial charge in [-0.05, 0) is 38.3 Å². The lowest BCUT2D eigenvalue weighted by atomic mass is 10.1. The van der Waals surface area contributed by atoms with Crippen LogP contribution < -0.4 is 15.5 Å². The quantitative estimate of drug-likeness (QED) is 0.590. The molecule has 0 atom stereocenters. The van der Waals surface area contributed by atoms with Crippen molar-refractivity contribution in [3.8, 4) is 0 Å². The average molecular weight is 387 g/mol. The molecule has 0 aromatic carbocycles. The van der Waals surface area contributed by atoms with Crippen LogP contribution in [-0.2, 0) is 12.8 Å². The summed E-state index contributed by atoms with van der Waals surface area (Å²) in [4.78, 5) is 17.2. The predicted molar refractivity (Wildman–Crippen MR) is 114 cm³/mol. The molecule has 27 heavy (non-hydrogen) atoms. The number of thiazole rings is 1. The topological polar surface area (TPSA) is 65.4 Å². The van der Waals surface area contributed by atoms with Gasteiger partial charge in [0, 0.05) is 55.9 Å². The Bertz CT molecular complexity index is 748. The van der Waals surface area contributed by atoms with Crippen molar-refractivity contribution in [3.05, 3.63) is 40.0 Å². The number of nitrogens with one attached hydrogen (secondary N) is 2. The summed E-state index contributed by atoms with van der Waals surface area (Å²) in [5.74, 6) is 1.97. The van der Waals surface area contributed by atoms with Gasteiger partial charge in [-0.15, -0.1) is 11.3 Å². The Morgan fingerprint density at radius 1 is 1.33 bits per heavy atom. The molecular weight excluding hydrogens is 356 g/mol. The van der Waals surface area contributed by atoms with E-state index < -0.39 is 0 Å². The van der Waals surface area contributed by atoms with Gasteiger partial charge in [-0.25, -0.2) is 9.97 Å². The fourth-order valence-corrected chi connectivity index (χ4v) is 4.12. The molecule has 3 rings (SSSR count). The van der Waals surface area contributed by atoms with Gasteiger partial charge in [-0.2, -0.15) is 0 Å². The largest absolute Gasteiger partial charge is 0.356 e. The zero-order chi connectivity index (χ0) is 19.1. The first-order valence-corrected chi connectivity index (χ1v) is 10.6. The third kappa shape index (κ3) is 5.66. The summed E-state index contributed by atoms with van der Waals surface area (Å²) in [6.07, 6.45) is 6.16. The van der Waals surface area contributed by atoms with Gasteiger partial charge in [0.15, 0.2) is 5.96 Å². The van der Waals surface area contributed by atoms with E-state index in [4.69, 9.17) is 0 Å². The molecule has 0 spiro atoms. The molecule has 0 radical (unpaired) electrons. The average Bonchev–Trinajstić information content (AvgIpc) is 3.16. The maximum atomic E-state index is 4.64. The van der Waals surface area contributed by atoms with E-state index in [0.717, 1.165) is 62.8 Å². The van der Waals surface area contributed by atoms with Gasteiger partial charge in [-0.3, -0.25) is 4.99 Å². The smallest absolute Gasteiger partial charge is 0.191 e. The molecule has 3 heterocycles. The van der Waals surface area contributed by atoms with Crippen molar-refractivity contribution in [1.82, 2.24) is 20.6 Å². The molecule has 0 amide bonds. The molecule has 7 heteroatoms. The Kier molecular flexibility index (Phi) is 7.04. The van der Waals surface area contributed by atoms with Crippen LogP contribution in [0.4, 0.5) is 5.82 Å². The minimum absolute atomic E-state index is 0.448. The van der Waals surface area contributed by atoms with Crippen molar-refractivity contribution in [2.45, 2.75) is 45.6 Å². The first-order valence-electron chi connectivity index (χ1n) is 9.77. The highest BCUT2D eigenvalue weighted by molar-refractivity contribution is 7.11. The lowest BCUT2D eigenvalue weighted by Crippen LogP contribution is -2.49. The van der Waals surface area contributed by atoms with E-state index in [0.29, 0.717) is 6.04 Å². The second-order valence-electron chi connectivity index (χ2n) is 6.87. The van der Waals surface area contributed by atoms with Gasteiger partial charge >= 0.3 is 0 Å². The molecule has 1 aliphatic heterocycles. The first kappa shape index (κ1) is 19.6. The van der Waals surface area contributed by atoms with Crippen molar-refractivity contribution < 1.29 is 0 Å². The highest BCUT2D eigenvalue weighted by Gasteiger charge is 2.20. The van der Waals surface area contributed by atoms with Crippen LogP contribution in [0.3, 0.4) is 0 Å². The maximum Gasteiger partial charge on any atom is 0.191 e. The summed E-state index contributed by atoms with van der Waals surface area (Å²) in [6, 6.07) is 6.68. The number of pyridine rings is 1. The second kappa shape index (κ2) is 9.69. The van der Waals surface area contributed by atoms with E-state index in [1.165, 1.54) is 9.88 Å². The number of aliphatic imine (C=N–C) groups is 1. The summed E-state index contributed by atoms with van der Waals surface area (Å²) in [6.45, 7) is 7.10. The zero-order valence-corrected chi connectivity index (χ0v) is 17.4. The third-order valence-corrected chi connectivity index (χ3v) is 6.04. The van der Waals surface area contributed by atoms with Crippen molar-refractivity contribution in [2.75, 3.05) is 31.6 Å². The monoisotopic (exact) mass is 386 g/mol.